The highest BCUT2D eigenvalue weighted by molar-refractivity contribution is 6.42. The van der Waals surface area contributed by atoms with Crippen molar-refractivity contribution < 1.29 is 23.9 Å². The molecule has 0 aliphatic heterocycles. The zero-order valence-electron chi connectivity index (χ0n) is 22.2. The Morgan fingerprint density at radius 3 is 2.35 bits per heavy atom. The number of halogens is 2. The van der Waals surface area contributed by atoms with Crippen LogP contribution in [0.5, 0.6) is 11.5 Å². The number of nitrogens with zero attached hydrogens (tertiary/aromatic N) is 1. The first-order valence-corrected chi connectivity index (χ1v) is 13.3. The summed E-state index contributed by atoms with van der Waals surface area (Å²) in [5.41, 5.74) is 4.03. The van der Waals surface area contributed by atoms with Gasteiger partial charge in [-0.05, 0) is 66.9 Å². The molecule has 3 rings (SSSR count). The van der Waals surface area contributed by atoms with E-state index in [-0.39, 0.29) is 29.0 Å². The molecule has 3 N–H and O–H groups in total. The van der Waals surface area contributed by atoms with Gasteiger partial charge in [0.15, 0.2) is 18.1 Å². The highest BCUT2D eigenvalue weighted by Gasteiger charge is 2.24. The second-order valence-corrected chi connectivity index (χ2v) is 9.71. The molecule has 0 fully saturated rings. The van der Waals surface area contributed by atoms with Crippen LogP contribution in [0.2, 0.25) is 10.0 Å². The highest BCUT2D eigenvalue weighted by Crippen LogP contribution is 2.28. The molecule has 1 atom stereocenters. The number of amides is 3. The molecule has 210 valence electrons. The molecule has 3 aromatic carbocycles. The van der Waals surface area contributed by atoms with E-state index in [1.54, 1.807) is 44.2 Å². The first kappa shape index (κ1) is 30.5. The van der Waals surface area contributed by atoms with Gasteiger partial charge in [-0.2, -0.15) is 5.10 Å². The lowest BCUT2D eigenvalue weighted by atomic mass is 10.0. The van der Waals surface area contributed by atoms with Crippen molar-refractivity contribution >= 4 is 52.8 Å². The van der Waals surface area contributed by atoms with Crippen LogP contribution >= 0.6 is 23.2 Å². The third-order valence-electron chi connectivity index (χ3n) is 5.49. The average Bonchev–Trinajstić information content (AvgIpc) is 2.93. The number of hydrazone groups is 1. The van der Waals surface area contributed by atoms with E-state index < -0.39 is 17.9 Å². The summed E-state index contributed by atoms with van der Waals surface area (Å²) in [4.78, 5) is 37.7. The number of para-hydroxylation sites is 1. The van der Waals surface area contributed by atoms with Crippen LogP contribution < -0.4 is 25.5 Å². The van der Waals surface area contributed by atoms with Crippen LogP contribution in [0, 0.1) is 5.92 Å². The van der Waals surface area contributed by atoms with Crippen molar-refractivity contribution in [3.05, 3.63) is 87.9 Å². The van der Waals surface area contributed by atoms with Gasteiger partial charge in [-0.1, -0.05) is 55.2 Å². The Labute approximate surface area is 242 Å². The number of carbonyl (C=O) groups excluding carboxylic acids is 3. The lowest BCUT2D eigenvalue weighted by Crippen LogP contribution is -2.48. The number of rotatable bonds is 12. The van der Waals surface area contributed by atoms with Crippen LogP contribution in [-0.2, 0) is 9.59 Å². The fourth-order valence-electron chi connectivity index (χ4n) is 3.49. The summed E-state index contributed by atoms with van der Waals surface area (Å²) in [6, 6.07) is 17.7. The number of anilines is 1. The van der Waals surface area contributed by atoms with Crippen LogP contribution in [0.4, 0.5) is 5.69 Å². The zero-order chi connectivity index (χ0) is 29.1. The third kappa shape index (κ3) is 9.00. The topological polar surface area (TPSA) is 118 Å². The lowest BCUT2D eigenvalue weighted by Gasteiger charge is -2.20. The second kappa shape index (κ2) is 14.9. The molecule has 3 amide bonds. The molecule has 11 heteroatoms. The van der Waals surface area contributed by atoms with E-state index in [9.17, 15) is 14.4 Å². The number of hydrogen-bond acceptors (Lipinski definition) is 6. The Kier molecular flexibility index (Phi) is 11.4. The van der Waals surface area contributed by atoms with Gasteiger partial charge in [0.25, 0.3) is 17.7 Å². The molecule has 0 aliphatic rings. The largest absolute Gasteiger partial charge is 0.490 e. The van der Waals surface area contributed by atoms with Crippen LogP contribution in [0.3, 0.4) is 0 Å². The fraction of sp³-hybridized carbons (Fsp3) is 0.241. The summed E-state index contributed by atoms with van der Waals surface area (Å²) >= 11 is 11.9. The minimum atomic E-state index is -0.851. The van der Waals surface area contributed by atoms with Gasteiger partial charge < -0.3 is 20.1 Å². The zero-order valence-corrected chi connectivity index (χ0v) is 23.8. The number of benzene rings is 3. The van der Waals surface area contributed by atoms with Crippen molar-refractivity contribution in [1.29, 1.82) is 0 Å². The maximum atomic E-state index is 12.8. The molecule has 40 heavy (non-hydrogen) atoms. The Morgan fingerprint density at radius 1 is 0.925 bits per heavy atom. The van der Waals surface area contributed by atoms with Gasteiger partial charge in [-0.15, -0.1) is 0 Å². The maximum Gasteiger partial charge on any atom is 0.262 e. The molecular formula is C29H30Cl2N4O5. The Morgan fingerprint density at radius 2 is 1.68 bits per heavy atom. The van der Waals surface area contributed by atoms with Gasteiger partial charge in [0, 0.05) is 11.3 Å². The van der Waals surface area contributed by atoms with E-state index >= 15 is 0 Å². The van der Waals surface area contributed by atoms with Gasteiger partial charge in [0.1, 0.15) is 6.04 Å². The minimum Gasteiger partial charge on any atom is -0.490 e. The molecule has 0 aliphatic carbocycles. The highest BCUT2D eigenvalue weighted by atomic mass is 35.5. The van der Waals surface area contributed by atoms with Crippen LogP contribution in [0.1, 0.15) is 36.7 Å². The van der Waals surface area contributed by atoms with Crippen LogP contribution in [0.25, 0.3) is 0 Å². The lowest BCUT2D eigenvalue weighted by molar-refractivity contribution is -0.124. The minimum absolute atomic E-state index is 0.205. The molecule has 0 bridgehead atoms. The molecule has 3 aromatic rings. The van der Waals surface area contributed by atoms with Crippen molar-refractivity contribution in [2.75, 3.05) is 18.5 Å². The average molecular weight is 585 g/mol. The van der Waals surface area contributed by atoms with Crippen molar-refractivity contribution in [2.45, 2.75) is 26.8 Å². The van der Waals surface area contributed by atoms with Crippen LogP contribution in [0.15, 0.2) is 71.8 Å². The van der Waals surface area contributed by atoms with Crippen molar-refractivity contribution in [3.8, 4) is 11.5 Å². The van der Waals surface area contributed by atoms with E-state index in [0.29, 0.717) is 34.4 Å². The van der Waals surface area contributed by atoms with E-state index in [2.05, 4.69) is 21.2 Å². The van der Waals surface area contributed by atoms with E-state index in [1.807, 2.05) is 25.1 Å². The maximum absolute atomic E-state index is 12.8. The van der Waals surface area contributed by atoms with E-state index in [0.717, 1.165) is 0 Å². The Balaban J connectivity index is 1.60. The van der Waals surface area contributed by atoms with Crippen molar-refractivity contribution in [2.24, 2.45) is 11.0 Å². The van der Waals surface area contributed by atoms with Gasteiger partial charge in [0.2, 0.25) is 0 Å². The first-order valence-electron chi connectivity index (χ1n) is 12.5. The standard InChI is InChI=1S/C29H30Cl2N4O5/c1-4-39-25-14-19(10-13-24(25)40-17-26(36)33-21-8-6-5-7-9-21)16-32-35-29(38)27(18(2)3)34-28(37)20-11-12-22(30)23(31)15-20/h5-16,18,27H,4,17H2,1-3H3,(H,33,36)(H,34,37)(H,35,38). The monoisotopic (exact) mass is 584 g/mol. The van der Waals surface area contributed by atoms with Gasteiger partial charge >= 0.3 is 0 Å². The van der Waals surface area contributed by atoms with Crippen molar-refractivity contribution in [3.63, 3.8) is 0 Å². The SMILES string of the molecule is CCOc1cc(C=NNC(=O)C(NC(=O)c2ccc(Cl)c(Cl)c2)C(C)C)ccc1OCC(=O)Nc1ccccc1. The molecule has 0 saturated heterocycles. The number of nitrogens with one attached hydrogen (secondary N) is 3. The van der Waals surface area contributed by atoms with Crippen molar-refractivity contribution in [1.82, 2.24) is 10.7 Å². The quantitative estimate of drug-likeness (QED) is 0.197. The fourth-order valence-corrected chi connectivity index (χ4v) is 3.79. The number of carbonyl (C=O) groups is 3. The molecule has 0 heterocycles. The smallest absolute Gasteiger partial charge is 0.262 e. The Hall–Kier alpha value is -4.08. The predicted molar refractivity (Wildman–Crippen MR) is 156 cm³/mol. The summed E-state index contributed by atoms with van der Waals surface area (Å²) in [5.74, 6) is -0.690. The predicted octanol–water partition coefficient (Wildman–Crippen LogP) is 5.31. The van der Waals surface area contributed by atoms with Gasteiger partial charge in [0.05, 0.1) is 22.9 Å². The molecular weight excluding hydrogens is 555 g/mol. The van der Waals surface area contributed by atoms with Crippen LogP contribution in [-0.4, -0.2) is 43.2 Å². The number of hydrogen-bond donors (Lipinski definition) is 3. The molecule has 0 radical (unpaired) electrons. The second-order valence-electron chi connectivity index (χ2n) is 8.90. The first-order chi connectivity index (χ1) is 19.2. The molecule has 0 spiro atoms. The Bertz CT molecular complexity index is 1370. The molecule has 1 unspecified atom stereocenters. The summed E-state index contributed by atoms with van der Waals surface area (Å²) in [7, 11) is 0. The molecule has 0 aromatic heterocycles. The summed E-state index contributed by atoms with van der Waals surface area (Å²) < 4.78 is 11.3. The molecule has 9 nitrogen and oxygen atoms in total. The molecule has 0 saturated carbocycles. The van der Waals surface area contributed by atoms with Gasteiger partial charge in [-0.25, -0.2) is 5.43 Å². The summed E-state index contributed by atoms with van der Waals surface area (Å²) in [5, 5.41) is 10.0. The normalized spacial score (nSPS) is 11.7. The van der Waals surface area contributed by atoms with E-state index in [4.69, 9.17) is 32.7 Å². The summed E-state index contributed by atoms with van der Waals surface area (Å²) in [6.45, 7) is 5.60. The number of ether oxygens (including phenoxy) is 2. The third-order valence-corrected chi connectivity index (χ3v) is 6.23. The summed E-state index contributed by atoms with van der Waals surface area (Å²) in [6.07, 6.45) is 1.44. The van der Waals surface area contributed by atoms with Gasteiger partial charge in [-0.3, -0.25) is 14.4 Å². The van der Waals surface area contributed by atoms with E-state index in [1.165, 1.54) is 24.4 Å².